The number of anilines is 1. The van der Waals surface area contributed by atoms with Gasteiger partial charge < -0.3 is 10.2 Å². The van der Waals surface area contributed by atoms with Gasteiger partial charge >= 0.3 is 0 Å². The summed E-state index contributed by atoms with van der Waals surface area (Å²) in [4.78, 5) is 12.9. The molecule has 98 valence electrons. The van der Waals surface area contributed by atoms with Crippen molar-refractivity contribution in [3.05, 3.63) is 33.9 Å². The zero-order valence-corrected chi connectivity index (χ0v) is 11.0. The summed E-state index contributed by atoms with van der Waals surface area (Å²) in [5, 5.41) is 14.4. The predicted molar refractivity (Wildman–Crippen MR) is 72.1 cm³/mol. The Balaban J connectivity index is 2.38. The first-order valence-corrected chi connectivity index (χ1v) is 6.24. The van der Waals surface area contributed by atoms with E-state index in [1.165, 1.54) is 0 Å². The smallest absolute Gasteiger partial charge is 0.274 e. The van der Waals surface area contributed by atoms with E-state index in [4.69, 9.17) is 0 Å². The maximum absolute atomic E-state index is 11.0. The summed E-state index contributed by atoms with van der Waals surface area (Å²) in [6.45, 7) is 7.88. The van der Waals surface area contributed by atoms with E-state index in [0.29, 0.717) is 12.1 Å². The molecular weight excluding hydrogens is 230 g/mol. The molecule has 0 saturated carbocycles. The Hall–Kier alpha value is -1.62. The first-order valence-electron chi connectivity index (χ1n) is 6.24. The minimum atomic E-state index is -0.310. The number of piperazine rings is 1. The van der Waals surface area contributed by atoms with Gasteiger partial charge in [-0.15, -0.1) is 0 Å². The lowest BCUT2D eigenvalue weighted by molar-refractivity contribution is -0.385. The topological polar surface area (TPSA) is 58.4 Å². The molecule has 0 bridgehead atoms. The van der Waals surface area contributed by atoms with Gasteiger partial charge in [-0.25, -0.2) is 0 Å². The summed E-state index contributed by atoms with van der Waals surface area (Å²) in [5.41, 5.74) is 1.93. The quantitative estimate of drug-likeness (QED) is 0.644. The maximum Gasteiger partial charge on any atom is 0.274 e. The van der Waals surface area contributed by atoms with Crippen molar-refractivity contribution in [2.24, 2.45) is 0 Å². The third-order valence-electron chi connectivity index (χ3n) is 3.55. The highest BCUT2D eigenvalue weighted by atomic mass is 16.6. The lowest BCUT2D eigenvalue weighted by atomic mass is 10.1. The second-order valence-electron chi connectivity index (χ2n) is 4.99. The predicted octanol–water partition coefficient (Wildman–Crippen LogP) is 2.09. The Morgan fingerprint density at radius 3 is 2.83 bits per heavy atom. The number of nitrogens with one attached hydrogen (secondary N) is 1. The highest BCUT2D eigenvalue weighted by Crippen LogP contribution is 2.30. The standard InChI is InChI=1S/C13H19N3O2/c1-9-8-15(10(2)7-14-9)12-5-4-6-13(11(12)3)16(17)18/h4-6,9-10,14H,7-8H2,1-3H3. The Kier molecular flexibility index (Phi) is 3.52. The van der Waals surface area contributed by atoms with Crippen LogP contribution in [0.15, 0.2) is 18.2 Å². The lowest BCUT2D eigenvalue weighted by Gasteiger charge is -2.39. The van der Waals surface area contributed by atoms with Crippen LogP contribution >= 0.6 is 0 Å². The van der Waals surface area contributed by atoms with Gasteiger partial charge in [0.1, 0.15) is 0 Å². The van der Waals surface area contributed by atoms with Crippen molar-refractivity contribution in [2.45, 2.75) is 32.9 Å². The maximum atomic E-state index is 11.0. The fraction of sp³-hybridized carbons (Fsp3) is 0.538. The van der Waals surface area contributed by atoms with Gasteiger partial charge in [-0.05, 0) is 26.8 Å². The summed E-state index contributed by atoms with van der Waals surface area (Å²) in [6, 6.07) is 6.05. The molecule has 1 saturated heterocycles. The summed E-state index contributed by atoms with van der Waals surface area (Å²) >= 11 is 0. The minimum Gasteiger partial charge on any atom is -0.366 e. The normalized spacial score (nSPS) is 24.1. The van der Waals surface area contributed by atoms with E-state index in [9.17, 15) is 10.1 Å². The molecule has 0 spiro atoms. The van der Waals surface area contributed by atoms with E-state index >= 15 is 0 Å². The van der Waals surface area contributed by atoms with Gasteiger partial charge in [0, 0.05) is 36.9 Å². The zero-order chi connectivity index (χ0) is 13.3. The highest BCUT2D eigenvalue weighted by molar-refractivity contribution is 5.62. The van der Waals surface area contributed by atoms with Crippen LogP contribution in [-0.4, -0.2) is 30.1 Å². The highest BCUT2D eigenvalue weighted by Gasteiger charge is 2.25. The minimum absolute atomic E-state index is 0.200. The van der Waals surface area contributed by atoms with Crippen LogP contribution in [0.2, 0.25) is 0 Å². The summed E-state index contributed by atoms with van der Waals surface area (Å²) in [5.74, 6) is 0. The van der Waals surface area contributed by atoms with Crippen LogP contribution in [0.1, 0.15) is 19.4 Å². The van der Waals surface area contributed by atoms with Crippen LogP contribution in [-0.2, 0) is 0 Å². The molecule has 18 heavy (non-hydrogen) atoms. The van der Waals surface area contributed by atoms with Crippen LogP contribution in [0.3, 0.4) is 0 Å². The van der Waals surface area contributed by atoms with Crippen LogP contribution in [0.25, 0.3) is 0 Å². The first kappa shape index (κ1) is 12.8. The summed E-state index contributed by atoms with van der Waals surface area (Å²) < 4.78 is 0. The number of nitrogens with zero attached hydrogens (tertiary/aromatic N) is 2. The average Bonchev–Trinajstić information content (AvgIpc) is 2.32. The molecule has 1 aliphatic heterocycles. The number of rotatable bonds is 2. The van der Waals surface area contributed by atoms with Crippen LogP contribution < -0.4 is 10.2 Å². The third kappa shape index (κ3) is 2.31. The van der Waals surface area contributed by atoms with E-state index in [2.05, 4.69) is 24.1 Å². The number of hydrogen-bond donors (Lipinski definition) is 1. The van der Waals surface area contributed by atoms with Crippen LogP contribution in [0.4, 0.5) is 11.4 Å². The van der Waals surface area contributed by atoms with Crippen LogP contribution in [0, 0.1) is 17.0 Å². The summed E-state index contributed by atoms with van der Waals surface area (Å²) in [6.07, 6.45) is 0. The van der Waals surface area contributed by atoms with Gasteiger partial charge in [-0.2, -0.15) is 0 Å². The van der Waals surface area contributed by atoms with Gasteiger partial charge in [-0.1, -0.05) is 6.07 Å². The van der Waals surface area contributed by atoms with Crippen molar-refractivity contribution in [1.82, 2.24) is 5.32 Å². The van der Waals surface area contributed by atoms with E-state index in [1.807, 2.05) is 13.0 Å². The van der Waals surface area contributed by atoms with Gasteiger partial charge in [0.2, 0.25) is 0 Å². The Bertz CT molecular complexity index is 462. The molecule has 1 heterocycles. The molecule has 2 atom stereocenters. The van der Waals surface area contributed by atoms with E-state index in [1.54, 1.807) is 12.1 Å². The van der Waals surface area contributed by atoms with Gasteiger partial charge in [0.25, 0.3) is 5.69 Å². The van der Waals surface area contributed by atoms with E-state index in [-0.39, 0.29) is 10.6 Å². The Labute approximate surface area is 107 Å². The third-order valence-corrected chi connectivity index (χ3v) is 3.55. The second-order valence-corrected chi connectivity index (χ2v) is 4.99. The molecular formula is C13H19N3O2. The molecule has 1 aromatic rings. The van der Waals surface area contributed by atoms with Crippen LogP contribution in [0.5, 0.6) is 0 Å². The van der Waals surface area contributed by atoms with E-state index in [0.717, 1.165) is 24.3 Å². The van der Waals surface area contributed by atoms with Crippen molar-refractivity contribution in [3.63, 3.8) is 0 Å². The molecule has 0 aliphatic carbocycles. The van der Waals surface area contributed by atoms with Crippen molar-refractivity contribution in [3.8, 4) is 0 Å². The first-order chi connectivity index (χ1) is 8.50. The van der Waals surface area contributed by atoms with Crippen molar-refractivity contribution in [2.75, 3.05) is 18.0 Å². The molecule has 1 fully saturated rings. The molecule has 5 heteroatoms. The second kappa shape index (κ2) is 4.94. The Morgan fingerprint density at radius 2 is 2.17 bits per heavy atom. The molecule has 0 amide bonds. The molecule has 2 rings (SSSR count). The average molecular weight is 249 g/mol. The molecule has 1 N–H and O–H groups in total. The number of benzene rings is 1. The fourth-order valence-corrected chi connectivity index (χ4v) is 2.48. The Morgan fingerprint density at radius 1 is 1.44 bits per heavy atom. The molecule has 0 aromatic heterocycles. The number of nitro groups is 1. The van der Waals surface area contributed by atoms with Crippen molar-refractivity contribution >= 4 is 11.4 Å². The monoisotopic (exact) mass is 249 g/mol. The fourth-order valence-electron chi connectivity index (χ4n) is 2.48. The van der Waals surface area contributed by atoms with E-state index < -0.39 is 0 Å². The number of nitro benzene ring substituents is 1. The van der Waals surface area contributed by atoms with Gasteiger partial charge in [-0.3, -0.25) is 10.1 Å². The molecule has 1 aromatic carbocycles. The van der Waals surface area contributed by atoms with Crippen molar-refractivity contribution < 1.29 is 4.92 Å². The van der Waals surface area contributed by atoms with Gasteiger partial charge in [0.15, 0.2) is 0 Å². The summed E-state index contributed by atoms with van der Waals surface area (Å²) in [7, 11) is 0. The molecule has 2 unspecified atom stereocenters. The molecule has 0 radical (unpaired) electrons. The SMILES string of the molecule is Cc1c(N2CC(C)NCC2C)cccc1[N+](=O)[O-]. The van der Waals surface area contributed by atoms with Crippen molar-refractivity contribution in [1.29, 1.82) is 0 Å². The zero-order valence-electron chi connectivity index (χ0n) is 11.0. The molecule has 5 nitrogen and oxygen atoms in total. The van der Waals surface area contributed by atoms with Gasteiger partial charge in [0.05, 0.1) is 10.5 Å². The lowest BCUT2D eigenvalue weighted by Crippen LogP contribution is -2.54. The largest absolute Gasteiger partial charge is 0.366 e. The number of hydrogen-bond acceptors (Lipinski definition) is 4. The molecule has 1 aliphatic rings.